The number of aryl methyl sites for hydroxylation is 1. The molecule has 0 radical (unpaired) electrons. The maximum atomic E-state index is 13.4. The van der Waals surface area contributed by atoms with Crippen LogP contribution < -0.4 is 20.7 Å². The second-order valence-electron chi connectivity index (χ2n) is 8.63. The van der Waals surface area contributed by atoms with Crippen LogP contribution in [0, 0.1) is 6.92 Å². The first kappa shape index (κ1) is 22.6. The molecule has 188 valence electrons. The summed E-state index contributed by atoms with van der Waals surface area (Å²) in [6, 6.07) is 10.0. The number of nitrogens with zero attached hydrogens (tertiary/aromatic N) is 6. The van der Waals surface area contributed by atoms with E-state index in [-0.39, 0.29) is 37.3 Å². The number of hydrogen-bond donors (Lipinski definition) is 1. The summed E-state index contributed by atoms with van der Waals surface area (Å²) in [5.74, 6) is 7.55. The third-order valence-corrected chi connectivity index (χ3v) is 6.84. The van der Waals surface area contributed by atoms with Crippen molar-refractivity contribution in [2.24, 2.45) is 10.8 Å². The quantitative estimate of drug-likeness (QED) is 0.344. The van der Waals surface area contributed by atoms with E-state index in [2.05, 4.69) is 9.98 Å². The molecule has 3 aromatic heterocycles. The highest BCUT2D eigenvalue weighted by Gasteiger charge is 2.36. The number of benzene rings is 1. The molecule has 1 saturated carbocycles. The zero-order chi connectivity index (χ0) is 25.0. The van der Waals surface area contributed by atoms with Crippen LogP contribution in [0.5, 0.6) is 5.75 Å². The van der Waals surface area contributed by atoms with Crippen LogP contribution in [0.15, 0.2) is 56.9 Å². The molecule has 0 atom stereocenters. The van der Waals surface area contributed by atoms with Crippen LogP contribution in [0.3, 0.4) is 0 Å². The average Bonchev–Trinajstić information content (AvgIpc) is 3.26. The molecule has 36 heavy (non-hydrogen) atoms. The molecule has 0 spiro atoms. The molecule has 0 amide bonds. The van der Waals surface area contributed by atoms with Gasteiger partial charge in [0.15, 0.2) is 11.6 Å². The standard InChI is InChI=1S/C22H23N7O6S/c1-14-4-8-16(9-5-14)35-36(31,32)34-12-10-26-21-25-20-19(29(21)28(22(26)30)15-6-7-15)18(24-13-27(20)23)17-3-2-11-33-17/h2-5,8-9,11,15H,6-7,10,12-13,23H2,1H3. The Morgan fingerprint density at radius 1 is 1.19 bits per heavy atom. The maximum absolute atomic E-state index is 13.4. The molecule has 0 bridgehead atoms. The lowest BCUT2D eigenvalue weighted by molar-refractivity contribution is 0.261. The lowest BCUT2D eigenvalue weighted by Crippen LogP contribution is -2.37. The predicted molar refractivity (Wildman–Crippen MR) is 128 cm³/mol. The van der Waals surface area contributed by atoms with Gasteiger partial charge in [-0.1, -0.05) is 17.7 Å². The fourth-order valence-electron chi connectivity index (χ4n) is 4.17. The fourth-order valence-corrected chi connectivity index (χ4v) is 4.84. The summed E-state index contributed by atoms with van der Waals surface area (Å²) in [5.41, 5.74) is 1.69. The van der Waals surface area contributed by atoms with Gasteiger partial charge in [-0.15, -0.1) is 0 Å². The average molecular weight is 514 g/mol. The number of nitrogens with two attached hydrogens (primary N) is 1. The van der Waals surface area contributed by atoms with Gasteiger partial charge in [-0.3, -0.25) is 14.6 Å². The van der Waals surface area contributed by atoms with E-state index < -0.39 is 10.4 Å². The Kier molecular flexibility index (Phi) is 5.24. The zero-order valence-electron chi connectivity index (χ0n) is 19.3. The number of imidazole rings is 1. The number of rotatable bonds is 8. The third kappa shape index (κ3) is 3.88. The molecule has 13 nitrogen and oxygen atoms in total. The second kappa shape index (κ2) is 8.36. The van der Waals surface area contributed by atoms with Crippen molar-refractivity contribution in [3.8, 4) is 5.75 Å². The monoisotopic (exact) mass is 513 g/mol. The largest absolute Gasteiger partial charge is 0.463 e. The lowest BCUT2D eigenvalue weighted by atomic mass is 10.2. The van der Waals surface area contributed by atoms with Crippen LogP contribution >= 0.6 is 0 Å². The minimum atomic E-state index is -4.34. The molecule has 4 aromatic rings. The van der Waals surface area contributed by atoms with Gasteiger partial charge in [0.25, 0.3) is 0 Å². The van der Waals surface area contributed by atoms with E-state index in [9.17, 15) is 13.2 Å². The van der Waals surface area contributed by atoms with E-state index >= 15 is 0 Å². The first-order chi connectivity index (χ1) is 17.3. The van der Waals surface area contributed by atoms with E-state index in [0.29, 0.717) is 28.8 Å². The van der Waals surface area contributed by atoms with E-state index in [1.54, 1.807) is 39.7 Å². The van der Waals surface area contributed by atoms with Gasteiger partial charge in [0.05, 0.1) is 25.5 Å². The Bertz CT molecular complexity index is 1630. The smallest absolute Gasteiger partial charge is 0.449 e. The van der Waals surface area contributed by atoms with E-state index in [1.807, 2.05) is 6.92 Å². The van der Waals surface area contributed by atoms with Gasteiger partial charge in [0.2, 0.25) is 5.78 Å². The summed E-state index contributed by atoms with van der Waals surface area (Å²) in [4.78, 5) is 22.5. The van der Waals surface area contributed by atoms with Gasteiger partial charge < -0.3 is 8.60 Å². The van der Waals surface area contributed by atoms with E-state index in [0.717, 1.165) is 18.4 Å². The normalized spacial score (nSPS) is 15.8. The molecule has 2 aliphatic rings. The zero-order valence-corrected chi connectivity index (χ0v) is 20.1. The van der Waals surface area contributed by atoms with Gasteiger partial charge in [0, 0.05) is 0 Å². The van der Waals surface area contributed by atoms with Crippen molar-refractivity contribution in [3.05, 3.63) is 70.2 Å². The third-order valence-electron chi connectivity index (χ3n) is 5.99. The topological polar surface area (TPSA) is 152 Å². The van der Waals surface area contributed by atoms with E-state index in [4.69, 9.17) is 18.6 Å². The predicted octanol–water partition coefficient (Wildman–Crippen LogP) is 1.36. The van der Waals surface area contributed by atoms with Crippen LogP contribution in [0.2, 0.25) is 0 Å². The van der Waals surface area contributed by atoms with Crippen LogP contribution in [0.25, 0.3) is 5.78 Å². The van der Waals surface area contributed by atoms with Crippen molar-refractivity contribution in [3.63, 3.8) is 0 Å². The number of aliphatic imine (C=N–C) groups is 1. The molecule has 14 heteroatoms. The number of fused-ring (bicyclic) bond motifs is 3. The van der Waals surface area contributed by atoms with Crippen molar-refractivity contribution in [1.82, 2.24) is 18.7 Å². The molecule has 1 aliphatic carbocycles. The number of furan rings is 1. The lowest BCUT2D eigenvalue weighted by Gasteiger charge is -2.21. The summed E-state index contributed by atoms with van der Waals surface area (Å²) in [7, 11) is -4.34. The van der Waals surface area contributed by atoms with Gasteiger partial charge in [-0.05, 0) is 44.0 Å². The Hall–Kier alpha value is -3.88. The Balaban J connectivity index is 1.33. The molecular weight excluding hydrogens is 490 g/mol. The molecule has 0 unspecified atom stereocenters. The van der Waals surface area contributed by atoms with Crippen LogP contribution in [0.4, 0.5) is 5.82 Å². The number of aromatic nitrogens is 4. The molecule has 4 heterocycles. The van der Waals surface area contributed by atoms with Gasteiger partial charge in [-0.25, -0.2) is 24.0 Å². The van der Waals surface area contributed by atoms with Gasteiger partial charge in [0.1, 0.15) is 23.8 Å². The van der Waals surface area contributed by atoms with Crippen LogP contribution in [-0.4, -0.2) is 46.2 Å². The molecule has 2 N–H and O–H groups in total. The van der Waals surface area contributed by atoms with Crippen molar-refractivity contribution < 1.29 is 21.2 Å². The van der Waals surface area contributed by atoms with Crippen LogP contribution in [-0.2, 0) is 21.1 Å². The van der Waals surface area contributed by atoms with Gasteiger partial charge >= 0.3 is 16.1 Å². The van der Waals surface area contributed by atoms with E-state index in [1.165, 1.54) is 21.7 Å². The minimum Gasteiger partial charge on any atom is -0.463 e. The maximum Gasteiger partial charge on any atom is 0.449 e. The summed E-state index contributed by atoms with van der Waals surface area (Å²) < 4.78 is 44.9. The highest BCUT2D eigenvalue weighted by atomic mass is 32.3. The molecule has 6 rings (SSSR count). The number of hydrogen-bond acceptors (Lipinski definition) is 10. The van der Waals surface area contributed by atoms with Gasteiger partial charge in [-0.2, -0.15) is 13.4 Å². The molecular formula is C22H23N7O6S. The summed E-state index contributed by atoms with van der Waals surface area (Å²) in [6.45, 7) is 1.63. The SMILES string of the molecule is Cc1ccc(OS(=O)(=O)OCCn2c(=O)n(C3CC3)n3c4c(nc23)N(N)CN=C4c2ccco2)cc1. The summed E-state index contributed by atoms with van der Waals surface area (Å²) >= 11 is 0. The Morgan fingerprint density at radius 3 is 2.67 bits per heavy atom. The molecule has 0 saturated heterocycles. The molecule has 1 aliphatic heterocycles. The highest BCUT2D eigenvalue weighted by Crippen LogP contribution is 2.36. The Labute approximate surface area is 205 Å². The first-order valence-electron chi connectivity index (χ1n) is 11.3. The number of anilines is 1. The minimum absolute atomic E-state index is 0.0138. The van der Waals surface area contributed by atoms with Crippen molar-refractivity contribution in [2.75, 3.05) is 18.3 Å². The van der Waals surface area contributed by atoms with Crippen molar-refractivity contribution in [1.29, 1.82) is 0 Å². The second-order valence-corrected chi connectivity index (χ2v) is 9.85. The number of hydrazine groups is 1. The Morgan fingerprint density at radius 2 is 1.97 bits per heavy atom. The fraction of sp³-hybridized carbons (Fsp3) is 0.318. The molecule has 1 aromatic carbocycles. The van der Waals surface area contributed by atoms with Crippen molar-refractivity contribution >= 4 is 27.7 Å². The molecule has 1 fully saturated rings. The van der Waals surface area contributed by atoms with Crippen molar-refractivity contribution in [2.45, 2.75) is 32.4 Å². The highest BCUT2D eigenvalue weighted by molar-refractivity contribution is 7.82. The first-order valence-corrected chi connectivity index (χ1v) is 12.7. The summed E-state index contributed by atoms with van der Waals surface area (Å²) in [6.07, 6.45) is 3.21. The van der Waals surface area contributed by atoms with Crippen LogP contribution in [0.1, 0.15) is 35.9 Å². The summed E-state index contributed by atoms with van der Waals surface area (Å²) in [5, 5.41) is 1.39.